The second kappa shape index (κ2) is 7.99. The summed E-state index contributed by atoms with van der Waals surface area (Å²) in [5, 5.41) is 0. The number of nitrogen functional groups attached to an aromatic ring is 1. The molecule has 2 amide bonds. The SMILES string of the molecule is CN(C)c1nc(N)nc(COC(=O)CCCN2C(=O)c3ccccc3C2=O)n1. The minimum absolute atomic E-state index is 0.0374. The van der Waals surface area contributed by atoms with Crippen molar-refractivity contribution < 1.29 is 19.1 Å². The Labute approximate surface area is 161 Å². The molecule has 10 nitrogen and oxygen atoms in total. The molecule has 10 heteroatoms. The summed E-state index contributed by atoms with van der Waals surface area (Å²) in [4.78, 5) is 51.3. The van der Waals surface area contributed by atoms with Crippen LogP contribution in [-0.4, -0.2) is 58.3 Å². The lowest BCUT2D eigenvalue weighted by Gasteiger charge is -2.13. The van der Waals surface area contributed by atoms with E-state index in [1.54, 1.807) is 43.3 Å². The van der Waals surface area contributed by atoms with Gasteiger partial charge in [0.2, 0.25) is 11.9 Å². The molecule has 0 bridgehead atoms. The molecule has 146 valence electrons. The molecule has 0 saturated heterocycles. The molecule has 0 fully saturated rings. The molecule has 1 aromatic heterocycles. The highest BCUT2D eigenvalue weighted by atomic mass is 16.5. The summed E-state index contributed by atoms with van der Waals surface area (Å²) in [5.74, 6) is -0.525. The first-order chi connectivity index (χ1) is 13.4. The van der Waals surface area contributed by atoms with Gasteiger partial charge < -0.3 is 15.4 Å². The van der Waals surface area contributed by atoms with Gasteiger partial charge in [0.05, 0.1) is 11.1 Å². The van der Waals surface area contributed by atoms with Crippen molar-refractivity contribution in [3.63, 3.8) is 0 Å². The van der Waals surface area contributed by atoms with Gasteiger partial charge in [-0.2, -0.15) is 15.0 Å². The zero-order valence-electron chi connectivity index (χ0n) is 15.6. The zero-order chi connectivity index (χ0) is 20.3. The summed E-state index contributed by atoms with van der Waals surface area (Å²) in [6.45, 7) is 0.00430. The van der Waals surface area contributed by atoms with E-state index in [2.05, 4.69) is 15.0 Å². The van der Waals surface area contributed by atoms with Crippen LogP contribution in [0.25, 0.3) is 0 Å². The van der Waals surface area contributed by atoms with E-state index in [0.717, 1.165) is 4.90 Å². The Hall–Kier alpha value is -3.56. The lowest BCUT2D eigenvalue weighted by Crippen LogP contribution is -2.31. The van der Waals surface area contributed by atoms with E-state index in [1.165, 1.54) is 0 Å². The Morgan fingerprint density at radius 1 is 1.11 bits per heavy atom. The molecular formula is C18H20N6O4. The molecule has 2 aromatic rings. The Kier molecular flexibility index (Phi) is 5.48. The van der Waals surface area contributed by atoms with Gasteiger partial charge in [-0.25, -0.2) is 0 Å². The van der Waals surface area contributed by atoms with Crippen LogP contribution in [-0.2, 0) is 16.1 Å². The number of aromatic nitrogens is 3. The van der Waals surface area contributed by atoms with Crippen LogP contribution >= 0.6 is 0 Å². The Morgan fingerprint density at radius 3 is 2.36 bits per heavy atom. The predicted molar refractivity (Wildman–Crippen MR) is 99.4 cm³/mol. The number of anilines is 2. The highest BCUT2D eigenvalue weighted by Crippen LogP contribution is 2.22. The largest absolute Gasteiger partial charge is 0.457 e. The van der Waals surface area contributed by atoms with E-state index in [1.807, 2.05) is 0 Å². The molecule has 1 aromatic carbocycles. The van der Waals surface area contributed by atoms with Crippen molar-refractivity contribution in [2.75, 3.05) is 31.3 Å². The molecule has 0 atom stereocenters. The van der Waals surface area contributed by atoms with Gasteiger partial charge in [0, 0.05) is 27.1 Å². The van der Waals surface area contributed by atoms with E-state index in [0.29, 0.717) is 23.5 Å². The minimum Gasteiger partial charge on any atom is -0.457 e. The predicted octanol–water partition coefficient (Wildman–Crippen LogP) is 0.639. The van der Waals surface area contributed by atoms with Crippen molar-refractivity contribution in [3.05, 3.63) is 41.2 Å². The number of esters is 1. The minimum atomic E-state index is -0.484. The van der Waals surface area contributed by atoms with Gasteiger partial charge in [0.15, 0.2) is 12.4 Å². The molecule has 3 rings (SSSR count). The maximum Gasteiger partial charge on any atom is 0.306 e. The number of hydrogen-bond acceptors (Lipinski definition) is 9. The van der Waals surface area contributed by atoms with Crippen molar-refractivity contribution in [2.24, 2.45) is 0 Å². The number of amides is 2. The fourth-order valence-corrected chi connectivity index (χ4v) is 2.73. The van der Waals surface area contributed by atoms with Crippen molar-refractivity contribution in [1.29, 1.82) is 0 Å². The maximum absolute atomic E-state index is 12.3. The van der Waals surface area contributed by atoms with Gasteiger partial charge in [0.1, 0.15) is 0 Å². The number of nitrogens with two attached hydrogens (primary N) is 1. The molecule has 1 aliphatic heterocycles. The number of nitrogens with zero attached hydrogens (tertiary/aromatic N) is 5. The number of benzene rings is 1. The van der Waals surface area contributed by atoms with Crippen LogP contribution in [0.4, 0.5) is 11.9 Å². The van der Waals surface area contributed by atoms with Gasteiger partial charge in [-0.1, -0.05) is 12.1 Å². The van der Waals surface area contributed by atoms with Gasteiger partial charge in [0.25, 0.3) is 11.8 Å². The molecule has 2 heterocycles. The smallest absolute Gasteiger partial charge is 0.306 e. The molecule has 0 saturated carbocycles. The fourth-order valence-electron chi connectivity index (χ4n) is 2.73. The number of fused-ring (bicyclic) bond motifs is 1. The van der Waals surface area contributed by atoms with Crippen molar-refractivity contribution in [3.8, 4) is 0 Å². The third-order valence-electron chi connectivity index (χ3n) is 4.09. The Bertz CT molecular complexity index is 895. The highest BCUT2D eigenvalue weighted by Gasteiger charge is 2.34. The van der Waals surface area contributed by atoms with Crippen LogP contribution in [0.15, 0.2) is 24.3 Å². The molecule has 1 aliphatic rings. The van der Waals surface area contributed by atoms with Crippen LogP contribution in [0.1, 0.15) is 39.4 Å². The summed E-state index contributed by atoms with van der Waals surface area (Å²) in [7, 11) is 3.51. The van der Waals surface area contributed by atoms with E-state index < -0.39 is 5.97 Å². The third-order valence-corrected chi connectivity index (χ3v) is 4.09. The number of carbonyl (C=O) groups excluding carboxylic acids is 3. The molecular weight excluding hydrogens is 364 g/mol. The van der Waals surface area contributed by atoms with Crippen LogP contribution < -0.4 is 10.6 Å². The summed E-state index contributed by atoms with van der Waals surface area (Å²) in [6.07, 6.45) is 0.348. The molecule has 0 radical (unpaired) electrons. The molecule has 0 spiro atoms. The number of ether oxygens (including phenoxy) is 1. The number of carbonyl (C=O) groups is 3. The van der Waals surface area contributed by atoms with Crippen LogP contribution in [0, 0.1) is 0 Å². The van der Waals surface area contributed by atoms with Gasteiger partial charge >= 0.3 is 5.97 Å². The van der Waals surface area contributed by atoms with Gasteiger partial charge in [-0.05, 0) is 18.6 Å². The monoisotopic (exact) mass is 384 g/mol. The molecule has 0 aliphatic carbocycles. The maximum atomic E-state index is 12.3. The van der Waals surface area contributed by atoms with Crippen molar-refractivity contribution in [1.82, 2.24) is 19.9 Å². The van der Waals surface area contributed by atoms with Gasteiger partial charge in [-0.3, -0.25) is 19.3 Å². The summed E-state index contributed by atoms with van der Waals surface area (Å²) >= 11 is 0. The second-order valence-electron chi connectivity index (χ2n) is 6.38. The van der Waals surface area contributed by atoms with Crippen LogP contribution in [0.5, 0.6) is 0 Å². The normalized spacial score (nSPS) is 12.9. The number of hydrogen-bond donors (Lipinski definition) is 1. The van der Waals surface area contributed by atoms with Crippen LogP contribution in [0.3, 0.4) is 0 Å². The van der Waals surface area contributed by atoms with E-state index in [9.17, 15) is 14.4 Å². The second-order valence-corrected chi connectivity index (χ2v) is 6.38. The third kappa shape index (κ3) is 4.05. The van der Waals surface area contributed by atoms with E-state index in [-0.39, 0.29) is 43.2 Å². The Morgan fingerprint density at radius 2 is 1.75 bits per heavy atom. The molecule has 28 heavy (non-hydrogen) atoms. The van der Waals surface area contributed by atoms with Crippen LogP contribution in [0.2, 0.25) is 0 Å². The first kappa shape index (κ1) is 19.2. The molecule has 0 unspecified atom stereocenters. The van der Waals surface area contributed by atoms with E-state index in [4.69, 9.17) is 10.5 Å². The van der Waals surface area contributed by atoms with E-state index >= 15 is 0 Å². The lowest BCUT2D eigenvalue weighted by molar-refractivity contribution is -0.145. The zero-order valence-corrected chi connectivity index (χ0v) is 15.6. The fraction of sp³-hybridized carbons (Fsp3) is 0.333. The summed E-state index contributed by atoms with van der Waals surface area (Å²) in [5.41, 5.74) is 6.39. The number of imide groups is 1. The average Bonchev–Trinajstić information content (AvgIpc) is 2.91. The number of rotatable bonds is 7. The lowest BCUT2D eigenvalue weighted by atomic mass is 10.1. The summed E-state index contributed by atoms with van der Waals surface area (Å²) < 4.78 is 5.14. The van der Waals surface area contributed by atoms with Crippen molar-refractivity contribution >= 4 is 29.7 Å². The van der Waals surface area contributed by atoms with Gasteiger partial charge in [-0.15, -0.1) is 0 Å². The standard InChI is InChI=1S/C18H20N6O4/c1-23(2)18-21-13(20-17(19)22-18)10-28-14(25)8-5-9-24-15(26)11-6-3-4-7-12(11)16(24)27/h3-4,6-7H,5,8-10H2,1-2H3,(H2,19,20,21,22). The first-order valence-electron chi connectivity index (χ1n) is 8.65. The Balaban J connectivity index is 1.48. The quantitative estimate of drug-likeness (QED) is 0.539. The average molecular weight is 384 g/mol. The summed E-state index contributed by atoms with van der Waals surface area (Å²) in [6, 6.07) is 6.65. The molecule has 2 N–H and O–H groups in total. The highest BCUT2D eigenvalue weighted by molar-refractivity contribution is 6.21. The first-order valence-corrected chi connectivity index (χ1v) is 8.65. The van der Waals surface area contributed by atoms with Crippen molar-refractivity contribution in [2.45, 2.75) is 19.4 Å². The topological polar surface area (TPSA) is 132 Å².